The van der Waals surface area contributed by atoms with Gasteiger partial charge in [-0.15, -0.1) is 0 Å². The topological polar surface area (TPSA) is 75.2 Å². The molecule has 0 spiro atoms. The number of halogens is 1. The maximum Gasteiger partial charge on any atom is 0.257 e. The van der Waals surface area contributed by atoms with Crippen molar-refractivity contribution in [2.45, 2.75) is 13.0 Å². The van der Waals surface area contributed by atoms with Gasteiger partial charge in [-0.2, -0.15) is 0 Å². The van der Waals surface area contributed by atoms with Gasteiger partial charge in [0.05, 0.1) is 5.56 Å². The third kappa shape index (κ3) is 3.59. The van der Waals surface area contributed by atoms with Gasteiger partial charge in [-0.05, 0) is 35.7 Å². The van der Waals surface area contributed by atoms with Crippen LogP contribution in [-0.2, 0) is 4.79 Å². The largest absolute Gasteiger partial charge is 0.352 e. The lowest BCUT2D eigenvalue weighted by Gasteiger charge is -2.36. The molecule has 1 aromatic heterocycles. The number of carbonyl (C=O) groups excluding carboxylic acids is 2. The SMILES string of the molecule is Cc1ccccc1C1C(=O)NCCN1C(=O)c1ccc(-c2cncnc2)cc1F. The summed E-state index contributed by atoms with van der Waals surface area (Å²) >= 11 is 0. The van der Waals surface area contributed by atoms with Gasteiger partial charge in [-0.25, -0.2) is 14.4 Å². The van der Waals surface area contributed by atoms with Crippen LogP contribution in [0.1, 0.15) is 27.5 Å². The van der Waals surface area contributed by atoms with Crippen LogP contribution in [0.15, 0.2) is 61.2 Å². The number of aromatic nitrogens is 2. The van der Waals surface area contributed by atoms with Gasteiger partial charge < -0.3 is 10.2 Å². The van der Waals surface area contributed by atoms with Gasteiger partial charge in [0.2, 0.25) is 5.91 Å². The lowest BCUT2D eigenvalue weighted by atomic mass is 9.96. The number of aryl methyl sites for hydroxylation is 1. The minimum absolute atomic E-state index is 0.0705. The number of hydrogen-bond acceptors (Lipinski definition) is 4. The van der Waals surface area contributed by atoms with Crippen LogP contribution in [0.3, 0.4) is 0 Å². The molecule has 1 unspecified atom stereocenters. The highest BCUT2D eigenvalue weighted by molar-refractivity contribution is 5.99. The first-order chi connectivity index (χ1) is 14.1. The molecular formula is C22H19FN4O2. The third-order valence-corrected chi connectivity index (χ3v) is 5.05. The molecule has 29 heavy (non-hydrogen) atoms. The number of amides is 2. The maximum absolute atomic E-state index is 14.9. The molecule has 0 bridgehead atoms. The predicted octanol–water partition coefficient (Wildman–Crippen LogP) is 2.90. The molecule has 2 aromatic carbocycles. The highest BCUT2D eigenvalue weighted by atomic mass is 19.1. The van der Waals surface area contributed by atoms with E-state index in [4.69, 9.17) is 0 Å². The fourth-order valence-corrected chi connectivity index (χ4v) is 3.56. The summed E-state index contributed by atoms with van der Waals surface area (Å²) in [5.74, 6) is -1.43. The van der Waals surface area contributed by atoms with Crippen molar-refractivity contribution in [1.82, 2.24) is 20.2 Å². The Bertz CT molecular complexity index is 1070. The number of piperazine rings is 1. The van der Waals surface area contributed by atoms with E-state index in [0.717, 1.165) is 11.1 Å². The minimum atomic E-state index is -0.793. The summed E-state index contributed by atoms with van der Waals surface area (Å²) in [6, 6.07) is 11.0. The second-order valence-corrected chi connectivity index (χ2v) is 6.87. The number of carbonyl (C=O) groups is 2. The molecule has 0 saturated carbocycles. The zero-order chi connectivity index (χ0) is 20.4. The summed E-state index contributed by atoms with van der Waals surface area (Å²) < 4.78 is 14.9. The number of rotatable bonds is 3. The zero-order valence-corrected chi connectivity index (χ0v) is 15.8. The Labute approximate surface area is 167 Å². The van der Waals surface area contributed by atoms with E-state index < -0.39 is 17.8 Å². The van der Waals surface area contributed by atoms with Crippen molar-refractivity contribution in [2.24, 2.45) is 0 Å². The minimum Gasteiger partial charge on any atom is -0.352 e. The Kier molecular flexibility index (Phi) is 5.03. The molecule has 7 heteroatoms. The molecule has 1 N–H and O–H groups in total. The van der Waals surface area contributed by atoms with Crippen molar-refractivity contribution in [3.63, 3.8) is 0 Å². The van der Waals surface area contributed by atoms with Gasteiger partial charge in [-0.3, -0.25) is 9.59 Å². The van der Waals surface area contributed by atoms with E-state index >= 15 is 0 Å². The fourth-order valence-electron chi connectivity index (χ4n) is 3.56. The number of benzene rings is 2. The summed E-state index contributed by atoms with van der Waals surface area (Å²) in [6.45, 7) is 2.52. The second-order valence-electron chi connectivity index (χ2n) is 6.87. The van der Waals surface area contributed by atoms with Crippen LogP contribution in [0.5, 0.6) is 0 Å². The van der Waals surface area contributed by atoms with E-state index in [1.54, 1.807) is 18.5 Å². The Morgan fingerprint density at radius 3 is 2.62 bits per heavy atom. The van der Waals surface area contributed by atoms with Crippen LogP contribution >= 0.6 is 0 Å². The van der Waals surface area contributed by atoms with E-state index in [2.05, 4.69) is 15.3 Å². The van der Waals surface area contributed by atoms with Crippen LogP contribution in [0, 0.1) is 12.7 Å². The summed E-state index contributed by atoms with van der Waals surface area (Å²) in [7, 11) is 0. The lowest BCUT2D eigenvalue weighted by Crippen LogP contribution is -2.52. The first kappa shape index (κ1) is 18.7. The molecule has 2 heterocycles. The van der Waals surface area contributed by atoms with E-state index in [9.17, 15) is 14.0 Å². The molecule has 0 radical (unpaired) electrons. The van der Waals surface area contributed by atoms with Gasteiger partial charge >= 0.3 is 0 Å². The Hall–Kier alpha value is -3.61. The molecule has 3 aromatic rings. The Balaban J connectivity index is 1.69. The molecule has 146 valence electrons. The Morgan fingerprint density at radius 1 is 1.14 bits per heavy atom. The quantitative estimate of drug-likeness (QED) is 0.746. The van der Waals surface area contributed by atoms with Crippen molar-refractivity contribution in [1.29, 1.82) is 0 Å². The third-order valence-electron chi connectivity index (χ3n) is 5.05. The van der Waals surface area contributed by atoms with Crippen molar-refractivity contribution in [3.8, 4) is 11.1 Å². The highest BCUT2D eigenvalue weighted by Gasteiger charge is 2.36. The van der Waals surface area contributed by atoms with Gasteiger partial charge in [0, 0.05) is 31.0 Å². The van der Waals surface area contributed by atoms with Gasteiger partial charge in [0.25, 0.3) is 5.91 Å². The summed E-state index contributed by atoms with van der Waals surface area (Å²) in [5, 5.41) is 2.80. The van der Waals surface area contributed by atoms with Crippen LogP contribution in [-0.4, -0.2) is 39.8 Å². The van der Waals surface area contributed by atoms with Crippen LogP contribution in [0.2, 0.25) is 0 Å². The lowest BCUT2D eigenvalue weighted by molar-refractivity contribution is -0.128. The van der Waals surface area contributed by atoms with Crippen molar-refractivity contribution >= 4 is 11.8 Å². The number of nitrogens with zero attached hydrogens (tertiary/aromatic N) is 3. The smallest absolute Gasteiger partial charge is 0.257 e. The fraction of sp³-hybridized carbons (Fsp3) is 0.182. The van der Waals surface area contributed by atoms with Gasteiger partial charge in [0.15, 0.2) is 0 Å². The molecule has 1 aliphatic rings. The summed E-state index contributed by atoms with van der Waals surface area (Å²) in [4.78, 5) is 35.1. The van der Waals surface area contributed by atoms with E-state index in [-0.39, 0.29) is 11.5 Å². The Morgan fingerprint density at radius 2 is 1.90 bits per heavy atom. The monoisotopic (exact) mass is 390 g/mol. The van der Waals surface area contributed by atoms with Crippen molar-refractivity contribution in [3.05, 3.63) is 83.7 Å². The zero-order valence-electron chi connectivity index (χ0n) is 15.8. The average molecular weight is 390 g/mol. The van der Waals surface area contributed by atoms with Crippen LogP contribution in [0.25, 0.3) is 11.1 Å². The molecule has 1 atom stereocenters. The first-order valence-corrected chi connectivity index (χ1v) is 9.25. The predicted molar refractivity (Wildman–Crippen MR) is 105 cm³/mol. The van der Waals surface area contributed by atoms with Crippen LogP contribution < -0.4 is 5.32 Å². The van der Waals surface area contributed by atoms with Gasteiger partial charge in [0.1, 0.15) is 18.2 Å². The van der Waals surface area contributed by atoms with Crippen molar-refractivity contribution in [2.75, 3.05) is 13.1 Å². The molecule has 1 aliphatic heterocycles. The van der Waals surface area contributed by atoms with Crippen molar-refractivity contribution < 1.29 is 14.0 Å². The summed E-state index contributed by atoms with van der Waals surface area (Å²) in [5.41, 5.74) is 2.79. The van der Waals surface area contributed by atoms with E-state index in [0.29, 0.717) is 24.2 Å². The number of hydrogen-bond donors (Lipinski definition) is 1. The highest BCUT2D eigenvalue weighted by Crippen LogP contribution is 2.29. The molecule has 6 nitrogen and oxygen atoms in total. The normalized spacial score (nSPS) is 16.4. The second kappa shape index (κ2) is 7.79. The molecule has 1 fully saturated rings. The molecular weight excluding hydrogens is 371 g/mol. The standard InChI is InChI=1S/C22H19FN4O2/c1-14-4-2-3-5-17(14)20-21(28)26-8-9-27(20)22(29)18-7-6-15(10-19(18)23)16-11-24-13-25-12-16/h2-7,10-13,20H,8-9H2,1H3,(H,26,28). The van der Waals surface area contributed by atoms with E-state index in [1.165, 1.54) is 23.4 Å². The summed E-state index contributed by atoms with van der Waals surface area (Å²) in [6.07, 6.45) is 4.55. The molecule has 4 rings (SSSR count). The first-order valence-electron chi connectivity index (χ1n) is 9.25. The molecule has 0 aliphatic carbocycles. The average Bonchev–Trinajstić information content (AvgIpc) is 2.74. The number of nitrogens with one attached hydrogen (secondary N) is 1. The molecule has 2 amide bonds. The maximum atomic E-state index is 14.9. The van der Waals surface area contributed by atoms with Gasteiger partial charge in [-0.1, -0.05) is 30.3 Å². The molecule has 1 saturated heterocycles. The van der Waals surface area contributed by atoms with Crippen LogP contribution in [0.4, 0.5) is 4.39 Å². The van der Waals surface area contributed by atoms with E-state index in [1.807, 2.05) is 31.2 Å².